The average molecular weight is 405 g/mol. The summed E-state index contributed by atoms with van der Waals surface area (Å²) in [5.41, 5.74) is 0.711. The van der Waals surface area contributed by atoms with Gasteiger partial charge in [-0.15, -0.1) is 0 Å². The van der Waals surface area contributed by atoms with Crippen molar-refractivity contribution in [2.24, 2.45) is 0 Å². The molecule has 2 aliphatic rings. The molecule has 2 atom stereocenters. The normalized spacial score (nSPS) is 22.4. The smallest absolute Gasteiger partial charge is 0.261 e. The van der Waals surface area contributed by atoms with E-state index in [1.165, 1.54) is 11.0 Å². The van der Waals surface area contributed by atoms with E-state index >= 15 is 0 Å². The Bertz CT molecular complexity index is 1150. The average Bonchev–Trinajstić information content (AvgIpc) is 2.91. The van der Waals surface area contributed by atoms with E-state index in [9.17, 15) is 14.7 Å². The first-order valence-electron chi connectivity index (χ1n) is 9.31. The Hall–Kier alpha value is -3.15. The van der Waals surface area contributed by atoms with Crippen LogP contribution in [0, 0.1) is 0 Å². The number of carbonyl (C=O) groups excluding carboxylic acids is 2. The largest absolute Gasteiger partial charge is 0.365 e. The maximum atomic E-state index is 13.3. The fourth-order valence-electron chi connectivity index (χ4n) is 4.29. The molecule has 5 nitrogen and oxygen atoms in total. The van der Waals surface area contributed by atoms with Gasteiger partial charge in [-0.25, -0.2) is 0 Å². The molecule has 3 aromatic rings. The number of fused-ring (bicyclic) bond motifs is 5. The number of rotatable bonds is 2. The molecule has 0 saturated carbocycles. The van der Waals surface area contributed by atoms with E-state index < -0.39 is 11.8 Å². The first-order valence-corrected chi connectivity index (χ1v) is 9.68. The van der Waals surface area contributed by atoms with Crippen LogP contribution in [0.15, 0.2) is 72.8 Å². The second-order valence-corrected chi connectivity index (χ2v) is 7.73. The molecule has 0 bridgehead atoms. The summed E-state index contributed by atoms with van der Waals surface area (Å²) in [4.78, 5) is 27.7. The predicted molar refractivity (Wildman–Crippen MR) is 110 cm³/mol. The Morgan fingerprint density at radius 2 is 1.69 bits per heavy atom. The molecule has 0 spiro atoms. The van der Waals surface area contributed by atoms with Crippen molar-refractivity contribution < 1.29 is 14.7 Å². The third-order valence-corrected chi connectivity index (χ3v) is 5.85. The van der Waals surface area contributed by atoms with Gasteiger partial charge in [-0.05, 0) is 36.2 Å². The zero-order valence-electron chi connectivity index (χ0n) is 15.3. The molecule has 2 heterocycles. The van der Waals surface area contributed by atoms with Crippen LogP contribution in [0.5, 0.6) is 0 Å². The summed E-state index contributed by atoms with van der Waals surface area (Å²) in [5.74, 6) is -0.724. The van der Waals surface area contributed by atoms with Crippen LogP contribution in [0.4, 0.5) is 5.69 Å². The predicted octanol–water partition coefficient (Wildman–Crippen LogP) is 3.50. The quantitative estimate of drug-likeness (QED) is 0.686. The van der Waals surface area contributed by atoms with Crippen molar-refractivity contribution in [3.05, 3.63) is 100 Å². The minimum Gasteiger partial charge on any atom is -0.365 e. The lowest BCUT2D eigenvalue weighted by molar-refractivity contribution is 0.00566. The first-order chi connectivity index (χ1) is 14.0. The van der Waals surface area contributed by atoms with Gasteiger partial charge in [0.2, 0.25) is 0 Å². The van der Waals surface area contributed by atoms with Gasteiger partial charge in [0.1, 0.15) is 0 Å². The second kappa shape index (κ2) is 6.44. The molecule has 6 heteroatoms. The molecule has 5 rings (SSSR count). The molecule has 0 radical (unpaired) electrons. The molecule has 0 unspecified atom stereocenters. The Morgan fingerprint density at radius 3 is 2.48 bits per heavy atom. The number of halogens is 1. The van der Waals surface area contributed by atoms with E-state index in [-0.39, 0.29) is 17.4 Å². The van der Waals surface area contributed by atoms with Crippen molar-refractivity contribution in [2.75, 3.05) is 4.90 Å². The van der Waals surface area contributed by atoms with E-state index in [1.54, 1.807) is 36.4 Å². The van der Waals surface area contributed by atoms with Crippen LogP contribution < -0.4 is 10.2 Å². The molecule has 3 aromatic carbocycles. The monoisotopic (exact) mass is 404 g/mol. The van der Waals surface area contributed by atoms with E-state index in [2.05, 4.69) is 5.32 Å². The second-order valence-electron chi connectivity index (χ2n) is 7.29. The maximum absolute atomic E-state index is 13.3. The summed E-state index contributed by atoms with van der Waals surface area (Å²) < 4.78 is 0. The molecular formula is C23H17ClN2O3. The van der Waals surface area contributed by atoms with Crippen LogP contribution in [0.1, 0.15) is 31.8 Å². The van der Waals surface area contributed by atoms with Crippen molar-refractivity contribution in [3.63, 3.8) is 0 Å². The number of benzene rings is 3. The van der Waals surface area contributed by atoms with E-state index in [1.807, 2.05) is 30.3 Å². The van der Waals surface area contributed by atoms with Crippen LogP contribution in [0.3, 0.4) is 0 Å². The van der Waals surface area contributed by atoms with Crippen LogP contribution >= 0.6 is 11.6 Å². The van der Waals surface area contributed by atoms with E-state index in [4.69, 9.17) is 11.6 Å². The zero-order chi connectivity index (χ0) is 20.2. The zero-order valence-corrected chi connectivity index (χ0v) is 16.1. The van der Waals surface area contributed by atoms with Gasteiger partial charge < -0.3 is 10.4 Å². The van der Waals surface area contributed by atoms with Gasteiger partial charge in [-0.1, -0.05) is 60.1 Å². The van der Waals surface area contributed by atoms with Gasteiger partial charge in [0.15, 0.2) is 5.72 Å². The molecule has 0 aromatic heterocycles. The van der Waals surface area contributed by atoms with Gasteiger partial charge in [0.05, 0.1) is 17.3 Å². The summed E-state index contributed by atoms with van der Waals surface area (Å²) in [6.07, 6.45) is 0.350. The third kappa shape index (κ3) is 2.58. The number of amides is 2. The molecule has 2 aliphatic heterocycles. The highest BCUT2D eigenvalue weighted by molar-refractivity contribution is 6.31. The lowest BCUT2D eigenvalue weighted by atomic mass is 9.89. The fraction of sp³-hybridized carbons (Fsp3) is 0.130. The molecule has 0 saturated heterocycles. The summed E-state index contributed by atoms with van der Waals surface area (Å²) in [6.45, 7) is 0. The van der Waals surface area contributed by atoms with Gasteiger partial charge in [0.25, 0.3) is 11.8 Å². The first kappa shape index (κ1) is 17.9. The summed E-state index contributed by atoms with van der Waals surface area (Å²) in [5, 5.41) is 15.4. The Labute approximate surface area is 172 Å². The Balaban J connectivity index is 1.74. The lowest BCUT2D eigenvalue weighted by Gasteiger charge is -2.39. The van der Waals surface area contributed by atoms with Crippen molar-refractivity contribution >= 4 is 29.1 Å². The van der Waals surface area contributed by atoms with Crippen molar-refractivity contribution in [3.8, 4) is 0 Å². The minimum absolute atomic E-state index is 0.257. The number of nitrogens with zero attached hydrogens (tertiary/aromatic N) is 1. The molecule has 2 N–H and O–H groups in total. The molecule has 29 heavy (non-hydrogen) atoms. The van der Waals surface area contributed by atoms with Crippen LogP contribution in [-0.2, 0) is 12.1 Å². The third-order valence-electron chi connectivity index (χ3n) is 5.62. The number of hydrogen-bond donors (Lipinski definition) is 2. The van der Waals surface area contributed by atoms with Gasteiger partial charge in [-0.3, -0.25) is 14.5 Å². The lowest BCUT2D eigenvalue weighted by Crippen LogP contribution is -2.57. The summed E-state index contributed by atoms with van der Waals surface area (Å²) >= 11 is 6.12. The minimum atomic E-state index is -1.72. The number of carbonyl (C=O) groups is 2. The summed E-state index contributed by atoms with van der Waals surface area (Å²) in [7, 11) is 0. The maximum Gasteiger partial charge on any atom is 0.261 e. The SMILES string of the molecule is O=C1N[C@@H](Cc2ccccc2)[C@@]2(O)c3ccccc3C(=O)N2c2ccc(Cl)cc21. The molecular weight excluding hydrogens is 388 g/mol. The molecule has 0 fully saturated rings. The van der Waals surface area contributed by atoms with Gasteiger partial charge in [-0.2, -0.15) is 0 Å². The van der Waals surface area contributed by atoms with Crippen LogP contribution in [0.2, 0.25) is 5.02 Å². The fourth-order valence-corrected chi connectivity index (χ4v) is 4.46. The molecule has 0 aliphatic carbocycles. The topological polar surface area (TPSA) is 69.6 Å². The van der Waals surface area contributed by atoms with Crippen LogP contribution in [-0.4, -0.2) is 23.0 Å². The Morgan fingerprint density at radius 1 is 0.966 bits per heavy atom. The highest BCUT2D eigenvalue weighted by Gasteiger charge is 2.56. The van der Waals surface area contributed by atoms with Crippen molar-refractivity contribution in [2.45, 2.75) is 18.2 Å². The summed E-state index contributed by atoms with van der Waals surface area (Å²) in [6, 6.07) is 20.5. The molecule has 2 amide bonds. The van der Waals surface area contributed by atoms with Crippen molar-refractivity contribution in [1.82, 2.24) is 5.32 Å². The Kier molecular flexibility index (Phi) is 3.98. The van der Waals surface area contributed by atoms with Crippen molar-refractivity contribution in [1.29, 1.82) is 0 Å². The molecule has 144 valence electrons. The van der Waals surface area contributed by atoms with Gasteiger partial charge in [0, 0.05) is 16.1 Å². The van der Waals surface area contributed by atoms with E-state index in [0.717, 1.165) is 5.56 Å². The van der Waals surface area contributed by atoms with Crippen LogP contribution in [0.25, 0.3) is 0 Å². The van der Waals surface area contributed by atoms with E-state index in [0.29, 0.717) is 28.3 Å². The standard InChI is InChI=1S/C23H17ClN2O3/c24-15-10-11-19-17(13-15)21(27)25-20(12-14-6-2-1-3-7-14)23(29)18-9-5-4-8-16(18)22(28)26(19)23/h1-11,13,20,29H,12H2,(H,25,27)/t20-,23-/m0/s1. The number of nitrogens with one attached hydrogen (secondary N) is 1. The highest BCUT2D eigenvalue weighted by Crippen LogP contribution is 2.46. The van der Waals surface area contributed by atoms with Gasteiger partial charge >= 0.3 is 0 Å². The number of anilines is 1. The number of hydrogen-bond acceptors (Lipinski definition) is 3. The number of aliphatic hydroxyl groups is 1. The highest BCUT2D eigenvalue weighted by atomic mass is 35.5.